The first-order chi connectivity index (χ1) is 10.7. The van der Waals surface area contributed by atoms with E-state index in [0.717, 1.165) is 16.6 Å². The number of carbonyl (C=O) groups excluding carboxylic acids is 1. The highest BCUT2D eigenvalue weighted by Crippen LogP contribution is 2.28. The van der Waals surface area contributed by atoms with Gasteiger partial charge in [0.1, 0.15) is 5.75 Å². The first-order valence-corrected chi connectivity index (χ1v) is 7.86. The number of phenolic OH excluding ortho intramolecular Hbond substituents is 1. The number of hydrogen-bond donors (Lipinski definition) is 2. The zero-order valence-corrected chi connectivity index (χ0v) is 14.7. The Morgan fingerprint density at radius 1 is 1.39 bits per heavy atom. The maximum Gasteiger partial charge on any atom is 0.258 e. The SMILES string of the molecule is Cl.O=C(c1cc(Br)ccc1O)N1CCNCC1c1cccnc1. The van der Waals surface area contributed by atoms with Crippen LogP contribution in [0.25, 0.3) is 0 Å². The van der Waals surface area contributed by atoms with Crippen molar-refractivity contribution in [2.75, 3.05) is 19.6 Å². The summed E-state index contributed by atoms with van der Waals surface area (Å²) in [5.41, 5.74) is 1.29. The summed E-state index contributed by atoms with van der Waals surface area (Å²) in [5.74, 6) is -0.175. The molecule has 3 rings (SSSR count). The molecule has 1 aromatic carbocycles. The van der Waals surface area contributed by atoms with Crippen LogP contribution >= 0.6 is 28.3 Å². The molecule has 1 saturated heterocycles. The number of nitrogens with zero attached hydrogens (tertiary/aromatic N) is 2. The molecule has 1 aromatic heterocycles. The Hall–Kier alpha value is -1.63. The summed E-state index contributed by atoms with van der Waals surface area (Å²) in [4.78, 5) is 18.8. The van der Waals surface area contributed by atoms with E-state index in [2.05, 4.69) is 26.2 Å². The topological polar surface area (TPSA) is 65.5 Å². The number of nitrogens with one attached hydrogen (secondary N) is 1. The van der Waals surface area contributed by atoms with Gasteiger partial charge in [0.25, 0.3) is 5.91 Å². The fraction of sp³-hybridized carbons (Fsp3) is 0.250. The molecule has 0 bridgehead atoms. The van der Waals surface area contributed by atoms with Crippen LogP contribution in [-0.4, -0.2) is 40.5 Å². The molecule has 1 aliphatic heterocycles. The number of amides is 1. The van der Waals surface area contributed by atoms with Crippen molar-refractivity contribution in [2.24, 2.45) is 0 Å². The van der Waals surface area contributed by atoms with Gasteiger partial charge in [0.05, 0.1) is 11.6 Å². The minimum atomic E-state index is -0.172. The molecule has 0 saturated carbocycles. The predicted molar refractivity (Wildman–Crippen MR) is 93.9 cm³/mol. The van der Waals surface area contributed by atoms with E-state index in [1.807, 2.05) is 12.1 Å². The largest absolute Gasteiger partial charge is 0.507 e. The molecule has 1 amide bonds. The van der Waals surface area contributed by atoms with E-state index >= 15 is 0 Å². The smallest absolute Gasteiger partial charge is 0.258 e. The van der Waals surface area contributed by atoms with Crippen molar-refractivity contribution in [1.82, 2.24) is 15.2 Å². The Balaban J connectivity index is 0.00000192. The summed E-state index contributed by atoms with van der Waals surface area (Å²) < 4.78 is 0.765. The van der Waals surface area contributed by atoms with Gasteiger partial charge in [-0.15, -0.1) is 12.4 Å². The summed E-state index contributed by atoms with van der Waals surface area (Å²) in [5, 5.41) is 13.3. The molecule has 5 nitrogen and oxygen atoms in total. The Labute approximate surface area is 149 Å². The highest BCUT2D eigenvalue weighted by Gasteiger charge is 2.30. The molecule has 122 valence electrons. The van der Waals surface area contributed by atoms with Crippen molar-refractivity contribution in [3.8, 4) is 5.75 Å². The first kappa shape index (κ1) is 17.7. The van der Waals surface area contributed by atoms with Crippen LogP contribution in [0.4, 0.5) is 0 Å². The molecule has 1 unspecified atom stereocenters. The molecule has 1 fully saturated rings. The summed E-state index contributed by atoms with van der Waals surface area (Å²) in [6.07, 6.45) is 3.49. The molecule has 1 atom stereocenters. The van der Waals surface area contributed by atoms with E-state index in [4.69, 9.17) is 0 Å². The van der Waals surface area contributed by atoms with Crippen LogP contribution in [0.2, 0.25) is 0 Å². The lowest BCUT2D eigenvalue weighted by Gasteiger charge is -2.36. The van der Waals surface area contributed by atoms with E-state index in [1.165, 1.54) is 6.07 Å². The van der Waals surface area contributed by atoms with E-state index in [9.17, 15) is 9.90 Å². The number of benzene rings is 1. The van der Waals surface area contributed by atoms with Crippen molar-refractivity contribution >= 4 is 34.2 Å². The number of halogens is 2. The number of aromatic nitrogens is 1. The van der Waals surface area contributed by atoms with Gasteiger partial charge in [-0.25, -0.2) is 0 Å². The average Bonchev–Trinajstić information content (AvgIpc) is 2.57. The van der Waals surface area contributed by atoms with Gasteiger partial charge in [-0.3, -0.25) is 9.78 Å². The van der Waals surface area contributed by atoms with Crippen molar-refractivity contribution in [3.05, 3.63) is 58.3 Å². The summed E-state index contributed by atoms with van der Waals surface area (Å²) in [6.45, 7) is 1.99. The standard InChI is InChI=1S/C16H16BrN3O2.ClH/c17-12-3-4-15(21)13(8-12)16(22)20-7-6-19-10-14(20)11-2-1-5-18-9-11;/h1-5,8-9,14,19,21H,6-7,10H2;1H. The maximum absolute atomic E-state index is 12.9. The highest BCUT2D eigenvalue weighted by molar-refractivity contribution is 9.10. The van der Waals surface area contributed by atoms with Crippen LogP contribution in [-0.2, 0) is 0 Å². The number of hydrogen-bond acceptors (Lipinski definition) is 4. The fourth-order valence-corrected chi connectivity index (χ4v) is 3.01. The summed E-state index contributed by atoms with van der Waals surface area (Å²) in [6, 6.07) is 8.63. The quantitative estimate of drug-likeness (QED) is 0.816. The third-order valence-electron chi connectivity index (χ3n) is 3.76. The van der Waals surface area contributed by atoms with Gasteiger partial charge in [0, 0.05) is 36.5 Å². The molecule has 2 heterocycles. The Kier molecular flexibility index (Phi) is 5.98. The van der Waals surface area contributed by atoms with Crippen LogP contribution in [0.3, 0.4) is 0 Å². The third kappa shape index (κ3) is 3.83. The monoisotopic (exact) mass is 397 g/mol. The number of carbonyl (C=O) groups is 1. The van der Waals surface area contributed by atoms with Crippen molar-refractivity contribution in [2.45, 2.75) is 6.04 Å². The van der Waals surface area contributed by atoms with E-state index in [1.54, 1.807) is 29.4 Å². The van der Waals surface area contributed by atoms with Gasteiger partial charge in [-0.2, -0.15) is 0 Å². The molecule has 0 radical (unpaired) electrons. The minimum absolute atomic E-state index is 0. The first-order valence-electron chi connectivity index (χ1n) is 7.07. The van der Waals surface area contributed by atoms with Gasteiger partial charge in [0.2, 0.25) is 0 Å². The molecule has 2 N–H and O–H groups in total. The molecular weight excluding hydrogens is 382 g/mol. The van der Waals surface area contributed by atoms with Crippen molar-refractivity contribution < 1.29 is 9.90 Å². The van der Waals surface area contributed by atoms with Crippen LogP contribution in [0.15, 0.2) is 47.2 Å². The zero-order chi connectivity index (χ0) is 15.5. The number of rotatable bonds is 2. The lowest BCUT2D eigenvalue weighted by Crippen LogP contribution is -2.48. The fourth-order valence-electron chi connectivity index (χ4n) is 2.65. The van der Waals surface area contributed by atoms with Gasteiger partial charge < -0.3 is 15.3 Å². The normalized spacial score (nSPS) is 17.4. The maximum atomic E-state index is 12.9. The second-order valence-corrected chi connectivity index (χ2v) is 6.08. The Bertz CT molecular complexity index is 684. The van der Waals surface area contributed by atoms with Crippen molar-refractivity contribution in [1.29, 1.82) is 0 Å². The van der Waals surface area contributed by atoms with Gasteiger partial charge in [-0.05, 0) is 29.8 Å². The van der Waals surface area contributed by atoms with E-state index in [0.29, 0.717) is 18.7 Å². The lowest BCUT2D eigenvalue weighted by atomic mass is 10.0. The third-order valence-corrected chi connectivity index (χ3v) is 4.26. The van der Waals surface area contributed by atoms with Gasteiger partial charge in [-0.1, -0.05) is 22.0 Å². The van der Waals surface area contributed by atoms with E-state index in [-0.39, 0.29) is 30.1 Å². The molecule has 0 aliphatic carbocycles. The highest BCUT2D eigenvalue weighted by atomic mass is 79.9. The second-order valence-electron chi connectivity index (χ2n) is 5.17. The van der Waals surface area contributed by atoms with Gasteiger partial charge >= 0.3 is 0 Å². The Morgan fingerprint density at radius 3 is 2.96 bits per heavy atom. The van der Waals surface area contributed by atoms with Crippen LogP contribution in [0.5, 0.6) is 5.75 Å². The number of piperazine rings is 1. The molecular formula is C16H17BrClN3O2. The molecule has 23 heavy (non-hydrogen) atoms. The summed E-state index contributed by atoms with van der Waals surface area (Å²) >= 11 is 3.34. The van der Waals surface area contributed by atoms with Crippen molar-refractivity contribution in [3.63, 3.8) is 0 Å². The predicted octanol–water partition coefficient (Wildman–Crippen LogP) is 2.76. The minimum Gasteiger partial charge on any atom is -0.507 e. The molecule has 1 aliphatic rings. The molecule has 0 spiro atoms. The van der Waals surface area contributed by atoms with Crippen LogP contribution < -0.4 is 5.32 Å². The van der Waals surface area contributed by atoms with Crippen LogP contribution in [0.1, 0.15) is 22.0 Å². The molecule has 2 aromatic rings. The summed E-state index contributed by atoms with van der Waals surface area (Å²) in [7, 11) is 0. The second kappa shape index (κ2) is 7.77. The Morgan fingerprint density at radius 2 is 2.22 bits per heavy atom. The van der Waals surface area contributed by atoms with E-state index < -0.39 is 0 Å². The average molecular weight is 399 g/mol. The lowest BCUT2D eigenvalue weighted by molar-refractivity contribution is 0.0631. The molecule has 7 heteroatoms. The number of pyridine rings is 1. The van der Waals surface area contributed by atoms with Crippen LogP contribution in [0, 0.1) is 0 Å². The number of aromatic hydroxyl groups is 1. The zero-order valence-electron chi connectivity index (χ0n) is 12.3. The van der Waals surface area contributed by atoms with Gasteiger partial charge in [0.15, 0.2) is 0 Å². The number of phenols is 1.